The Kier molecular flexibility index (Phi) is 6.11. The summed E-state index contributed by atoms with van der Waals surface area (Å²) in [6.07, 6.45) is 8.00. The van der Waals surface area contributed by atoms with Gasteiger partial charge in [-0.15, -0.1) is 0 Å². The van der Waals surface area contributed by atoms with Crippen LogP contribution in [0, 0.1) is 0 Å². The molecule has 0 unspecified atom stereocenters. The molecule has 0 bridgehead atoms. The van der Waals surface area contributed by atoms with Gasteiger partial charge in [-0.05, 0) is 31.5 Å². The topological polar surface area (TPSA) is 28.2 Å². The fraction of sp³-hybridized carbons (Fsp3) is 0.688. The lowest BCUT2D eigenvalue weighted by atomic mass is 10.1. The Bertz CT molecular complexity index is 414. The largest absolute Gasteiger partial charge is 0.357 e. The lowest BCUT2D eigenvalue weighted by molar-refractivity contribution is 0.548. The van der Waals surface area contributed by atoms with Gasteiger partial charge < -0.3 is 10.2 Å². The molecule has 112 valence electrons. The van der Waals surface area contributed by atoms with Crippen molar-refractivity contribution in [1.82, 2.24) is 10.3 Å². The first-order chi connectivity index (χ1) is 9.72. The van der Waals surface area contributed by atoms with Gasteiger partial charge in [0.25, 0.3) is 0 Å². The van der Waals surface area contributed by atoms with Gasteiger partial charge in [0, 0.05) is 19.6 Å². The van der Waals surface area contributed by atoms with E-state index in [-0.39, 0.29) is 0 Å². The molecule has 20 heavy (non-hydrogen) atoms. The molecule has 0 saturated heterocycles. The van der Waals surface area contributed by atoms with Crippen LogP contribution in [0.1, 0.15) is 51.1 Å². The van der Waals surface area contributed by atoms with E-state index in [1.165, 1.54) is 38.5 Å². The molecule has 1 aromatic heterocycles. The first-order valence-electron chi connectivity index (χ1n) is 7.81. The molecule has 3 nitrogen and oxygen atoms in total. The highest BCUT2D eigenvalue weighted by Gasteiger charge is 2.18. The number of hydrogen-bond acceptors (Lipinski definition) is 3. The molecule has 2 rings (SSSR count). The fourth-order valence-corrected chi connectivity index (χ4v) is 3.04. The summed E-state index contributed by atoms with van der Waals surface area (Å²) in [5.41, 5.74) is 0.950. The fourth-order valence-electron chi connectivity index (χ4n) is 2.87. The Morgan fingerprint density at radius 3 is 2.60 bits per heavy atom. The van der Waals surface area contributed by atoms with Gasteiger partial charge in [-0.25, -0.2) is 4.98 Å². The summed E-state index contributed by atoms with van der Waals surface area (Å²) in [4.78, 5) is 7.09. The second-order valence-electron chi connectivity index (χ2n) is 5.63. The van der Waals surface area contributed by atoms with Crippen LogP contribution in [0.2, 0.25) is 5.02 Å². The number of halogens is 1. The van der Waals surface area contributed by atoms with Crippen molar-refractivity contribution < 1.29 is 0 Å². The highest BCUT2D eigenvalue weighted by Crippen LogP contribution is 2.26. The second-order valence-corrected chi connectivity index (χ2v) is 6.04. The normalized spacial score (nSPS) is 16.9. The summed E-state index contributed by atoms with van der Waals surface area (Å²) in [6, 6.07) is 4.64. The molecule has 1 N–H and O–H groups in total. The van der Waals surface area contributed by atoms with E-state index >= 15 is 0 Å². The zero-order valence-corrected chi connectivity index (χ0v) is 13.4. The van der Waals surface area contributed by atoms with Gasteiger partial charge in [0.1, 0.15) is 5.82 Å². The molecule has 1 fully saturated rings. The monoisotopic (exact) mass is 295 g/mol. The van der Waals surface area contributed by atoms with Gasteiger partial charge in [0.05, 0.1) is 10.7 Å². The predicted molar refractivity (Wildman–Crippen MR) is 86.5 cm³/mol. The van der Waals surface area contributed by atoms with E-state index < -0.39 is 0 Å². The van der Waals surface area contributed by atoms with Crippen LogP contribution in [0.15, 0.2) is 12.1 Å². The molecule has 1 heterocycles. The van der Waals surface area contributed by atoms with Crippen LogP contribution >= 0.6 is 11.6 Å². The summed E-state index contributed by atoms with van der Waals surface area (Å²) in [6.45, 7) is 3.76. The average Bonchev–Trinajstić information content (AvgIpc) is 2.75. The third-order valence-corrected chi connectivity index (χ3v) is 4.52. The van der Waals surface area contributed by atoms with Gasteiger partial charge in [0.15, 0.2) is 0 Å². The molecule has 0 spiro atoms. The maximum absolute atomic E-state index is 6.23. The van der Waals surface area contributed by atoms with Crippen LogP contribution in [0.4, 0.5) is 5.82 Å². The standard InChI is InChI=1S/C16H26ClN3/c1-3-18-12-15-14(17)10-11-16(19-15)20(2)13-8-6-4-5-7-9-13/h10-11,13,18H,3-9,12H2,1-2H3. The second kappa shape index (κ2) is 7.84. The number of pyridine rings is 1. The van der Waals surface area contributed by atoms with Crippen LogP contribution in [0.25, 0.3) is 0 Å². The molecule has 4 heteroatoms. The SMILES string of the molecule is CCNCc1nc(N(C)C2CCCCCC2)ccc1Cl. The maximum atomic E-state index is 6.23. The van der Waals surface area contributed by atoms with Crippen LogP contribution < -0.4 is 10.2 Å². The van der Waals surface area contributed by atoms with Crippen LogP contribution in [0.5, 0.6) is 0 Å². The molecule has 0 atom stereocenters. The van der Waals surface area contributed by atoms with Crippen molar-refractivity contribution in [2.24, 2.45) is 0 Å². The number of aromatic nitrogens is 1. The number of hydrogen-bond donors (Lipinski definition) is 1. The molecular formula is C16H26ClN3. The van der Waals surface area contributed by atoms with E-state index in [1.807, 2.05) is 12.1 Å². The highest BCUT2D eigenvalue weighted by atomic mass is 35.5. The van der Waals surface area contributed by atoms with Gasteiger partial charge in [-0.1, -0.05) is 44.2 Å². The van der Waals surface area contributed by atoms with E-state index in [0.717, 1.165) is 29.6 Å². The zero-order chi connectivity index (χ0) is 14.4. The minimum atomic E-state index is 0.623. The first kappa shape index (κ1) is 15.6. The third kappa shape index (κ3) is 4.10. The quantitative estimate of drug-likeness (QED) is 0.832. The van der Waals surface area contributed by atoms with E-state index in [1.54, 1.807) is 0 Å². The van der Waals surface area contributed by atoms with Crippen LogP contribution in [0.3, 0.4) is 0 Å². The first-order valence-corrected chi connectivity index (χ1v) is 8.19. The van der Waals surface area contributed by atoms with Crippen molar-refractivity contribution in [3.63, 3.8) is 0 Å². The van der Waals surface area contributed by atoms with Crippen molar-refractivity contribution in [2.45, 2.75) is 58.0 Å². The molecule has 0 amide bonds. The zero-order valence-electron chi connectivity index (χ0n) is 12.7. The maximum Gasteiger partial charge on any atom is 0.128 e. The van der Waals surface area contributed by atoms with E-state index in [0.29, 0.717) is 6.04 Å². The third-order valence-electron chi connectivity index (χ3n) is 4.18. The number of nitrogens with zero attached hydrogens (tertiary/aromatic N) is 2. The number of rotatable bonds is 5. The summed E-state index contributed by atoms with van der Waals surface area (Å²) in [5, 5.41) is 4.05. The number of anilines is 1. The molecule has 1 aliphatic carbocycles. The molecule has 1 aliphatic rings. The van der Waals surface area contributed by atoms with Crippen LogP contribution in [-0.2, 0) is 6.54 Å². The van der Waals surface area contributed by atoms with Crippen molar-refractivity contribution >= 4 is 17.4 Å². The van der Waals surface area contributed by atoms with Crippen molar-refractivity contribution in [1.29, 1.82) is 0 Å². The Labute approximate surface area is 127 Å². The van der Waals surface area contributed by atoms with E-state index in [9.17, 15) is 0 Å². The lowest BCUT2D eigenvalue weighted by Gasteiger charge is -2.28. The molecule has 1 saturated carbocycles. The van der Waals surface area contributed by atoms with Crippen LogP contribution in [-0.4, -0.2) is 24.6 Å². The molecule has 0 radical (unpaired) electrons. The summed E-state index contributed by atoms with van der Waals surface area (Å²) >= 11 is 6.23. The molecule has 0 aliphatic heterocycles. The van der Waals surface area contributed by atoms with E-state index in [4.69, 9.17) is 16.6 Å². The molecule has 0 aromatic carbocycles. The number of nitrogens with one attached hydrogen (secondary N) is 1. The highest BCUT2D eigenvalue weighted by molar-refractivity contribution is 6.31. The summed E-state index contributed by atoms with van der Waals surface area (Å²) < 4.78 is 0. The van der Waals surface area contributed by atoms with Crippen molar-refractivity contribution in [2.75, 3.05) is 18.5 Å². The van der Waals surface area contributed by atoms with Gasteiger partial charge in [-0.2, -0.15) is 0 Å². The van der Waals surface area contributed by atoms with Crippen molar-refractivity contribution in [3.8, 4) is 0 Å². The molecular weight excluding hydrogens is 270 g/mol. The smallest absolute Gasteiger partial charge is 0.128 e. The average molecular weight is 296 g/mol. The Balaban J connectivity index is 2.10. The minimum absolute atomic E-state index is 0.623. The lowest BCUT2D eigenvalue weighted by Crippen LogP contribution is -2.32. The molecule has 1 aromatic rings. The van der Waals surface area contributed by atoms with Crippen molar-refractivity contribution in [3.05, 3.63) is 22.8 Å². The Morgan fingerprint density at radius 2 is 1.95 bits per heavy atom. The Hall–Kier alpha value is -0.800. The Morgan fingerprint density at radius 1 is 1.25 bits per heavy atom. The van der Waals surface area contributed by atoms with Gasteiger partial charge in [0.2, 0.25) is 0 Å². The summed E-state index contributed by atoms with van der Waals surface area (Å²) in [5.74, 6) is 1.05. The predicted octanol–water partition coefficient (Wildman–Crippen LogP) is 4.00. The minimum Gasteiger partial charge on any atom is -0.357 e. The van der Waals surface area contributed by atoms with Gasteiger partial charge >= 0.3 is 0 Å². The van der Waals surface area contributed by atoms with Gasteiger partial charge in [-0.3, -0.25) is 0 Å². The van der Waals surface area contributed by atoms with E-state index in [2.05, 4.69) is 24.2 Å². The summed E-state index contributed by atoms with van der Waals surface area (Å²) in [7, 11) is 2.17.